The maximum atomic E-state index is 5.13. The molecule has 3 atom stereocenters. The summed E-state index contributed by atoms with van der Waals surface area (Å²) >= 11 is 0. The first kappa shape index (κ1) is 15.0. The van der Waals surface area contributed by atoms with Gasteiger partial charge in [0.05, 0.1) is 0 Å². The van der Waals surface area contributed by atoms with Crippen molar-refractivity contribution in [3.05, 3.63) is 0 Å². The van der Waals surface area contributed by atoms with Gasteiger partial charge in [0.2, 0.25) is 0 Å². The van der Waals surface area contributed by atoms with Gasteiger partial charge in [-0.05, 0) is 56.9 Å². The van der Waals surface area contributed by atoms with E-state index in [1.165, 1.54) is 51.5 Å². The number of nitrogens with one attached hydrogen (secondary N) is 1. The van der Waals surface area contributed by atoms with Crippen LogP contribution in [0.15, 0.2) is 0 Å². The van der Waals surface area contributed by atoms with Crippen molar-refractivity contribution in [1.82, 2.24) is 5.32 Å². The molecule has 0 aromatic rings. The Balaban J connectivity index is 2.27. The lowest BCUT2D eigenvalue weighted by atomic mass is 9.76. The zero-order valence-corrected chi connectivity index (χ0v) is 12.0. The zero-order chi connectivity index (χ0) is 12.5. The molecule has 2 nitrogen and oxygen atoms in total. The van der Waals surface area contributed by atoms with Crippen molar-refractivity contribution in [2.75, 3.05) is 20.3 Å². The predicted molar refractivity (Wildman–Crippen MR) is 74.3 cm³/mol. The van der Waals surface area contributed by atoms with Crippen molar-refractivity contribution in [1.29, 1.82) is 0 Å². The first-order chi connectivity index (χ1) is 8.27. The van der Waals surface area contributed by atoms with Gasteiger partial charge in [-0.3, -0.25) is 0 Å². The molecule has 3 unspecified atom stereocenters. The highest BCUT2D eigenvalue weighted by atomic mass is 16.5. The van der Waals surface area contributed by atoms with Crippen LogP contribution in [0.2, 0.25) is 0 Å². The summed E-state index contributed by atoms with van der Waals surface area (Å²) in [5, 5.41) is 3.75. The first-order valence-electron chi connectivity index (χ1n) is 7.50. The highest BCUT2D eigenvalue weighted by Gasteiger charge is 2.27. The topological polar surface area (TPSA) is 21.3 Å². The van der Waals surface area contributed by atoms with Crippen molar-refractivity contribution in [3.63, 3.8) is 0 Å². The van der Waals surface area contributed by atoms with Crippen LogP contribution in [0.1, 0.15) is 58.8 Å². The molecule has 1 fully saturated rings. The Kier molecular flexibility index (Phi) is 7.87. The van der Waals surface area contributed by atoms with E-state index >= 15 is 0 Å². The van der Waals surface area contributed by atoms with E-state index in [9.17, 15) is 0 Å². The Morgan fingerprint density at radius 2 is 2.06 bits per heavy atom. The quantitative estimate of drug-likeness (QED) is 0.656. The second kappa shape index (κ2) is 8.93. The van der Waals surface area contributed by atoms with Gasteiger partial charge in [0.25, 0.3) is 0 Å². The summed E-state index contributed by atoms with van der Waals surface area (Å²) in [6, 6.07) is 0.786. The molecule has 0 heterocycles. The number of methoxy groups -OCH3 is 1. The van der Waals surface area contributed by atoms with Gasteiger partial charge in [-0.15, -0.1) is 0 Å². The highest BCUT2D eigenvalue weighted by Crippen LogP contribution is 2.32. The minimum Gasteiger partial charge on any atom is -0.385 e. The van der Waals surface area contributed by atoms with E-state index in [2.05, 4.69) is 19.2 Å². The summed E-state index contributed by atoms with van der Waals surface area (Å²) < 4.78 is 5.13. The lowest BCUT2D eigenvalue weighted by Gasteiger charge is -2.35. The fraction of sp³-hybridized carbons (Fsp3) is 1.00. The molecule has 0 amide bonds. The number of unbranched alkanes of at least 4 members (excludes halogenated alkanes) is 1. The average molecular weight is 241 g/mol. The van der Waals surface area contributed by atoms with E-state index in [0.29, 0.717) is 0 Å². The largest absolute Gasteiger partial charge is 0.385 e. The third-order valence-electron chi connectivity index (χ3n) is 4.07. The SMILES string of the molecule is CCCNC1CCC(C)CC1CCCCOC. The number of hydrogen-bond acceptors (Lipinski definition) is 2. The molecule has 1 aliphatic rings. The maximum Gasteiger partial charge on any atom is 0.0462 e. The molecule has 0 saturated heterocycles. The summed E-state index contributed by atoms with van der Waals surface area (Å²) in [6.07, 6.45) is 9.41. The van der Waals surface area contributed by atoms with Crippen LogP contribution in [0.5, 0.6) is 0 Å². The Bertz CT molecular complexity index is 182. The minimum absolute atomic E-state index is 0.786. The summed E-state index contributed by atoms with van der Waals surface area (Å²) in [5.41, 5.74) is 0. The fourth-order valence-electron chi connectivity index (χ4n) is 3.07. The van der Waals surface area contributed by atoms with Crippen LogP contribution in [0, 0.1) is 11.8 Å². The molecule has 0 spiro atoms. The molecule has 0 radical (unpaired) electrons. The van der Waals surface area contributed by atoms with E-state index in [1.807, 2.05) is 0 Å². The maximum absolute atomic E-state index is 5.13. The molecule has 0 aliphatic heterocycles. The van der Waals surface area contributed by atoms with Gasteiger partial charge < -0.3 is 10.1 Å². The van der Waals surface area contributed by atoms with Gasteiger partial charge in [0, 0.05) is 19.8 Å². The molecular formula is C15H31NO. The van der Waals surface area contributed by atoms with E-state index in [1.54, 1.807) is 7.11 Å². The smallest absolute Gasteiger partial charge is 0.0462 e. The Hall–Kier alpha value is -0.0800. The van der Waals surface area contributed by atoms with E-state index in [0.717, 1.165) is 24.5 Å². The van der Waals surface area contributed by atoms with Crippen LogP contribution < -0.4 is 5.32 Å². The summed E-state index contributed by atoms with van der Waals surface area (Å²) in [7, 11) is 1.80. The zero-order valence-electron chi connectivity index (χ0n) is 12.0. The Morgan fingerprint density at radius 3 is 2.76 bits per heavy atom. The lowest BCUT2D eigenvalue weighted by molar-refractivity contribution is 0.173. The van der Waals surface area contributed by atoms with Crippen molar-refractivity contribution in [2.45, 2.75) is 64.8 Å². The van der Waals surface area contributed by atoms with Crippen LogP contribution in [0.3, 0.4) is 0 Å². The second-order valence-corrected chi connectivity index (χ2v) is 5.73. The average Bonchev–Trinajstić information content (AvgIpc) is 2.33. The van der Waals surface area contributed by atoms with Crippen LogP contribution in [0.4, 0.5) is 0 Å². The van der Waals surface area contributed by atoms with Crippen LogP contribution >= 0.6 is 0 Å². The number of hydrogen-bond donors (Lipinski definition) is 1. The monoisotopic (exact) mass is 241 g/mol. The van der Waals surface area contributed by atoms with Crippen molar-refractivity contribution < 1.29 is 4.74 Å². The first-order valence-corrected chi connectivity index (χ1v) is 7.50. The van der Waals surface area contributed by atoms with Crippen LogP contribution in [-0.2, 0) is 4.74 Å². The molecule has 0 bridgehead atoms. The van der Waals surface area contributed by atoms with Crippen molar-refractivity contribution in [2.24, 2.45) is 11.8 Å². The highest BCUT2D eigenvalue weighted by molar-refractivity contribution is 4.83. The molecule has 17 heavy (non-hydrogen) atoms. The van der Waals surface area contributed by atoms with Gasteiger partial charge in [-0.1, -0.05) is 20.3 Å². The molecule has 2 heteroatoms. The van der Waals surface area contributed by atoms with E-state index in [4.69, 9.17) is 4.74 Å². The van der Waals surface area contributed by atoms with E-state index < -0.39 is 0 Å². The molecule has 1 N–H and O–H groups in total. The van der Waals surface area contributed by atoms with Crippen LogP contribution in [-0.4, -0.2) is 26.3 Å². The van der Waals surface area contributed by atoms with Gasteiger partial charge in [-0.25, -0.2) is 0 Å². The molecule has 1 aliphatic carbocycles. The van der Waals surface area contributed by atoms with Crippen LogP contribution in [0.25, 0.3) is 0 Å². The molecule has 0 aromatic heterocycles. The number of ether oxygens (including phenoxy) is 1. The molecular weight excluding hydrogens is 210 g/mol. The Labute approximate surface area is 108 Å². The van der Waals surface area contributed by atoms with Gasteiger partial charge in [0.15, 0.2) is 0 Å². The molecule has 1 saturated carbocycles. The third-order valence-corrected chi connectivity index (χ3v) is 4.07. The summed E-state index contributed by atoms with van der Waals surface area (Å²) in [6.45, 7) is 6.78. The normalized spacial score (nSPS) is 29.5. The van der Waals surface area contributed by atoms with Gasteiger partial charge >= 0.3 is 0 Å². The fourth-order valence-corrected chi connectivity index (χ4v) is 3.07. The van der Waals surface area contributed by atoms with E-state index in [-0.39, 0.29) is 0 Å². The summed E-state index contributed by atoms with van der Waals surface area (Å²) in [5.74, 6) is 1.84. The third kappa shape index (κ3) is 5.87. The summed E-state index contributed by atoms with van der Waals surface area (Å²) in [4.78, 5) is 0. The van der Waals surface area contributed by atoms with Crippen molar-refractivity contribution in [3.8, 4) is 0 Å². The minimum atomic E-state index is 0.786. The predicted octanol–water partition coefficient (Wildman–Crippen LogP) is 3.61. The Morgan fingerprint density at radius 1 is 1.24 bits per heavy atom. The molecule has 0 aromatic carbocycles. The standard InChI is InChI=1S/C15H31NO/c1-4-10-16-15-9-8-13(2)12-14(15)7-5-6-11-17-3/h13-16H,4-12H2,1-3H3. The number of rotatable bonds is 8. The molecule has 1 rings (SSSR count). The molecule has 102 valence electrons. The lowest BCUT2D eigenvalue weighted by Crippen LogP contribution is -2.40. The second-order valence-electron chi connectivity index (χ2n) is 5.73. The van der Waals surface area contributed by atoms with Gasteiger partial charge in [-0.2, -0.15) is 0 Å². The van der Waals surface area contributed by atoms with Gasteiger partial charge in [0.1, 0.15) is 0 Å². The van der Waals surface area contributed by atoms with Crippen molar-refractivity contribution >= 4 is 0 Å².